The van der Waals surface area contributed by atoms with Crippen molar-refractivity contribution < 1.29 is 9.18 Å². The molecule has 1 fully saturated rings. The summed E-state index contributed by atoms with van der Waals surface area (Å²) in [6, 6.07) is 8.12. The molecule has 1 amide bonds. The van der Waals surface area contributed by atoms with Crippen molar-refractivity contribution in [3.8, 4) is 5.69 Å². The number of fused-ring (bicyclic) bond motifs is 1. The number of nitrogens with one attached hydrogen (secondary N) is 2. The Hall–Kier alpha value is -2.96. The lowest BCUT2D eigenvalue weighted by molar-refractivity contribution is 0.0914. The predicted molar refractivity (Wildman–Crippen MR) is 106 cm³/mol. The number of carbonyl (C=O) groups excluding carboxylic acids is 1. The normalized spacial score (nSPS) is 20.3. The van der Waals surface area contributed by atoms with Crippen LogP contribution in [0.15, 0.2) is 36.5 Å². The zero-order valence-electron chi connectivity index (χ0n) is 16.6. The number of nitrogens with zero attached hydrogens (tertiary/aromatic N) is 3. The average Bonchev–Trinajstić information content (AvgIpc) is 3.23. The molecule has 0 unspecified atom stereocenters. The van der Waals surface area contributed by atoms with Crippen LogP contribution in [0.1, 0.15) is 72.5 Å². The Kier molecular flexibility index (Phi) is 4.08. The molecule has 1 saturated carbocycles. The molecule has 2 aliphatic carbocycles. The molecule has 0 aliphatic heterocycles. The molecule has 29 heavy (non-hydrogen) atoms. The summed E-state index contributed by atoms with van der Waals surface area (Å²) in [6.07, 6.45) is 5.71. The zero-order chi connectivity index (χ0) is 20.2. The highest BCUT2D eigenvalue weighted by Crippen LogP contribution is 2.42. The standard InChI is InChI=1S/C22H24FN5O/c1-22(2)10-19(25-21(29)18-9-17(26-27-18)13-6-7-13)16-12-24-28(20(16)11-22)15-5-3-4-14(23)8-15/h3-5,8-9,12-13,19H,6-7,10-11H2,1-2H3,(H,25,29)(H,26,27)/t19-/m1/s1. The molecule has 150 valence electrons. The van der Waals surface area contributed by atoms with Crippen LogP contribution in [0.3, 0.4) is 0 Å². The molecule has 1 aromatic carbocycles. The van der Waals surface area contributed by atoms with E-state index >= 15 is 0 Å². The van der Waals surface area contributed by atoms with Gasteiger partial charge in [-0.15, -0.1) is 0 Å². The number of carbonyl (C=O) groups is 1. The SMILES string of the molecule is CC1(C)Cc2c(cnn2-c2cccc(F)c2)[C@H](NC(=O)c2cc(C3CC3)[nH]n2)C1. The third-order valence-corrected chi connectivity index (χ3v) is 5.88. The number of rotatable bonds is 4. The number of H-pyrrole nitrogens is 1. The van der Waals surface area contributed by atoms with Gasteiger partial charge in [0.15, 0.2) is 0 Å². The van der Waals surface area contributed by atoms with Gasteiger partial charge in [-0.2, -0.15) is 10.2 Å². The van der Waals surface area contributed by atoms with Crippen LogP contribution < -0.4 is 5.32 Å². The van der Waals surface area contributed by atoms with Gasteiger partial charge < -0.3 is 5.32 Å². The summed E-state index contributed by atoms with van der Waals surface area (Å²) < 4.78 is 15.5. The third kappa shape index (κ3) is 3.45. The molecule has 0 radical (unpaired) electrons. The summed E-state index contributed by atoms with van der Waals surface area (Å²) in [5, 5.41) is 14.9. The van der Waals surface area contributed by atoms with Crippen molar-refractivity contribution in [2.24, 2.45) is 5.41 Å². The smallest absolute Gasteiger partial charge is 0.272 e. The number of aromatic nitrogens is 4. The van der Waals surface area contributed by atoms with E-state index < -0.39 is 0 Å². The van der Waals surface area contributed by atoms with Gasteiger partial charge in [0.2, 0.25) is 0 Å². The van der Waals surface area contributed by atoms with Crippen molar-refractivity contribution >= 4 is 5.91 Å². The molecule has 2 heterocycles. The topological polar surface area (TPSA) is 75.6 Å². The van der Waals surface area contributed by atoms with Crippen molar-refractivity contribution in [2.75, 3.05) is 0 Å². The minimum atomic E-state index is -0.295. The van der Waals surface area contributed by atoms with Crippen LogP contribution in [0.25, 0.3) is 5.69 Å². The van der Waals surface area contributed by atoms with E-state index in [2.05, 4.69) is 34.5 Å². The highest BCUT2D eigenvalue weighted by atomic mass is 19.1. The zero-order valence-corrected chi connectivity index (χ0v) is 16.6. The number of aromatic amines is 1. The Labute approximate surface area is 168 Å². The molecule has 2 aliphatic rings. The average molecular weight is 393 g/mol. The fourth-order valence-electron chi connectivity index (χ4n) is 4.29. The van der Waals surface area contributed by atoms with Crippen molar-refractivity contribution in [3.63, 3.8) is 0 Å². The van der Waals surface area contributed by atoms with E-state index in [9.17, 15) is 9.18 Å². The van der Waals surface area contributed by atoms with Crippen molar-refractivity contribution in [2.45, 2.75) is 51.5 Å². The number of benzene rings is 1. The van der Waals surface area contributed by atoms with Crippen LogP contribution >= 0.6 is 0 Å². The molecule has 2 aromatic heterocycles. The molecular formula is C22H24FN5O. The maximum absolute atomic E-state index is 13.7. The highest BCUT2D eigenvalue weighted by Gasteiger charge is 2.36. The van der Waals surface area contributed by atoms with Gasteiger partial charge in [-0.3, -0.25) is 9.89 Å². The summed E-state index contributed by atoms with van der Waals surface area (Å²) in [4.78, 5) is 12.8. The Balaban J connectivity index is 1.45. The van der Waals surface area contributed by atoms with Crippen LogP contribution in [-0.4, -0.2) is 25.9 Å². The summed E-state index contributed by atoms with van der Waals surface area (Å²) >= 11 is 0. The summed E-state index contributed by atoms with van der Waals surface area (Å²) in [5.74, 6) is 0.0470. The lowest BCUT2D eigenvalue weighted by Gasteiger charge is -2.35. The second kappa shape index (κ2) is 6.54. The van der Waals surface area contributed by atoms with E-state index in [-0.39, 0.29) is 23.2 Å². The number of halogens is 1. The molecule has 2 N–H and O–H groups in total. The third-order valence-electron chi connectivity index (χ3n) is 5.88. The van der Waals surface area contributed by atoms with E-state index in [1.165, 1.54) is 12.1 Å². The first kappa shape index (κ1) is 18.1. The molecule has 6 nitrogen and oxygen atoms in total. The van der Waals surface area contributed by atoms with Crippen LogP contribution in [0, 0.1) is 11.2 Å². The molecule has 3 aromatic rings. The largest absolute Gasteiger partial charge is 0.344 e. The first-order valence-corrected chi connectivity index (χ1v) is 10.1. The minimum absolute atomic E-state index is 0.0270. The molecular weight excluding hydrogens is 369 g/mol. The lowest BCUT2D eigenvalue weighted by Crippen LogP contribution is -2.37. The van der Waals surface area contributed by atoms with E-state index in [0.717, 1.165) is 42.6 Å². The van der Waals surface area contributed by atoms with E-state index in [1.54, 1.807) is 16.9 Å². The Morgan fingerprint density at radius 2 is 2.14 bits per heavy atom. The number of hydrogen-bond acceptors (Lipinski definition) is 3. The van der Waals surface area contributed by atoms with Gasteiger partial charge in [0.05, 0.1) is 23.6 Å². The van der Waals surface area contributed by atoms with Crippen LogP contribution in [0.4, 0.5) is 4.39 Å². The fourth-order valence-corrected chi connectivity index (χ4v) is 4.29. The Morgan fingerprint density at radius 1 is 1.31 bits per heavy atom. The van der Waals surface area contributed by atoms with E-state index in [1.807, 2.05) is 12.1 Å². The highest BCUT2D eigenvalue weighted by molar-refractivity contribution is 5.92. The molecule has 0 spiro atoms. The number of amides is 1. The van der Waals surface area contributed by atoms with Crippen molar-refractivity contribution in [1.82, 2.24) is 25.3 Å². The van der Waals surface area contributed by atoms with Gasteiger partial charge in [-0.25, -0.2) is 9.07 Å². The van der Waals surface area contributed by atoms with Crippen molar-refractivity contribution in [3.05, 3.63) is 65.0 Å². The first-order chi connectivity index (χ1) is 13.9. The van der Waals surface area contributed by atoms with E-state index in [4.69, 9.17) is 0 Å². The fraction of sp³-hybridized carbons (Fsp3) is 0.409. The number of hydrogen-bond donors (Lipinski definition) is 2. The first-order valence-electron chi connectivity index (χ1n) is 10.1. The summed E-state index contributed by atoms with van der Waals surface area (Å²) in [7, 11) is 0. The van der Waals surface area contributed by atoms with Crippen LogP contribution in [-0.2, 0) is 6.42 Å². The molecule has 5 rings (SSSR count). The molecule has 0 bridgehead atoms. The van der Waals surface area contributed by atoms with Crippen LogP contribution in [0.2, 0.25) is 0 Å². The summed E-state index contributed by atoms with van der Waals surface area (Å²) in [5.41, 5.74) is 4.13. The monoisotopic (exact) mass is 393 g/mol. The predicted octanol–water partition coefficient (Wildman–Crippen LogP) is 4.06. The van der Waals surface area contributed by atoms with Gasteiger partial charge in [-0.05, 0) is 55.4 Å². The second-order valence-electron chi connectivity index (χ2n) is 8.99. The van der Waals surface area contributed by atoms with Gasteiger partial charge in [0.1, 0.15) is 11.5 Å². The molecule has 1 atom stereocenters. The van der Waals surface area contributed by atoms with Gasteiger partial charge in [0.25, 0.3) is 5.91 Å². The maximum Gasteiger partial charge on any atom is 0.272 e. The molecule has 0 saturated heterocycles. The maximum atomic E-state index is 13.7. The Bertz CT molecular complexity index is 1080. The summed E-state index contributed by atoms with van der Waals surface area (Å²) in [6.45, 7) is 4.36. The van der Waals surface area contributed by atoms with Gasteiger partial charge >= 0.3 is 0 Å². The van der Waals surface area contributed by atoms with Gasteiger partial charge in [-0.1, -0.05) is 19.9 Å². The van der Waals surface area contributed by atoms with Crippen LogP contribution in [0.5, 0.6) is 0 Å². The quantitative estimate of drug-likeness (QED) is 0.702. The lowest BCUT2D eigenvalue weighted by atomic mass is 9.74. The van der Waals surface area contributed by atoms with Gasteiger partial charge in [0, 0.05) is 17.2 Å². The second-order valence-corrected chi connectivity index (χ2v) is 8.99. The Morgan fingerprint density at radius 3 is 2.90 bits per heavy atom. The van der Waals surface area contributed by atoms with E-state index in [0.29, 0.717) is 17.3 Å². The van der Waals surface area contributed by atoms with Crippen molar-refractivity contribution in [1.29, 1.82) is 0 Å². The minimum Gasteiger partial charge on any atom is -0.344 e. The molecule has 7 heteroatoms.